The molecule has 2 nitrogen and oxygen atoms in total. The Kier molecular flexibility index (Phi) is 6.26. The first kappa shape index (κ1) is 18.3. The van der Waals surface area contributed by atoms with Crippen LogP contribution >= 0.6 is 0 Å². The molecule has 0 saturated carbocycles. The second kappa shape index (κ2) is 8.20. The lowest BCUT2D eigenvalue weighted by Gasteiger charge is -2.21. The molecule has 130 valence electrons. The van der Waals surface area contributed by atoms with Gasteiger partial charge in [-0.25, -0.2) is 13.2 Å². The number of hydrogen-bond acceptors (Lipinski definition) is 2. The Morgan fingerprint density at radius 2 is 1.83 bits per heavy atom. The van der Waals surface area contributed by atoms with Crippen LogP contribution in [0.15, 0.2) is 30.3 Å². The largest absolute Gasteiger partial charge is 0.496 e. The van der Waals surface area contributed by atoms with Gasteiger partial charge in [0.2, 0.25) is 0 Å². The average molecular weight is 337 g/mol. The molecule has 2 rings (SSSR count). The average Bonchev–Trinajstić information content (AvgIpc) is 2.60. The van der Waals surface area contributed by atoms with E-state index in [0.717, 1.165) is 30.3 Å². The SMILES string of the molecule is CNCCC(Cc1cc(F)c(F)c(F)c1C)c1ccccc1OC. The summed E-state index contributed by atoms with van der Waals surface area (Å²) in [7, 11) is 3.44. The van der Waals surface area contributed by atoms with Crippen molar-refractivity contribution in [3.8, 4) is 5.75 Å². The molecule has 1 N–H and O–H groups in total. The van der Waals surface area contributed by atoms with Gasteiger partial charge in [-0.3, -0.25) is 0 Å². The monoisotopic (exact) mass is 337 g/mol. The van der Waals surface area contributed by atoms with Crippen LogP contribution in [0.1, 0.15) is 29.0 Å². The van der Waals surface area contributed by atoms with E-state index in [1.54, 1.807) is 7.11 Å². The van der Waals surface area contributed by atoms with Crippen molar-refractivity contribution < 1.29 is 17.9 Å². The summed E-state index contributed by atoms with van der Waals surface area (Å²) >= 11 is 0. The molecule has 2 aromatic carbocycles. The molecular formula is C19H22F3NO. The minimum atomic E-state index is -1.42. The second-order valence-electron chi connectivity index (χ2n) is 5.81. The fraction of sp³-hybridized carbons (Fsp3) is 0.368. The van der Waals surface area contributed by atoms with Crippen molar-refractivity contribution in [1.29, 1.82) is 0 Å². The van der Waals surface area contributed by atoms with Crippen molar-refractivity contribution in [1.82, 2.24) is 5.32 Å². The van der Waals surface area contributed by atoms with E-state index in [4.69, 9.17) is 4.74 Å². The molecular weight excluding hydrogens is 315 g/mol. The lowest BCUT2D eigenvalue weighted by atomic mass is 9.87. The zero-order valence-electron chi connectivity index (χ0n) is 14.1. The molecule has 0 radical (unpaired) electrons. The Morgan fingerprint density at radius 1 is 1.12 bits per heavy atom. The first-order chi connectivity index (χ1) is 11.5. The number of nitrogens with one attached hydrogen (secondary N) is 1. The maximum atomic E-state index is 13.9. The maximum absolute atomic E-state index is 13.9. The van der Waals surface area contributed by atoms with E-state index in [-0.39, 0.29) is 11.5 Å². The number of hydrogen-bond donors (Lipinski definition) is 1. The fourth-order valence-electron chi connectivity index (χ4n) is 2.90. The second-order valence-corrected chi connectivity index (χ2v) is 5.81. The van der Waals surface area contributed by atoms with Gasteiger partial charge in [0.25, 0.3) is 0 Å². The molecule has 1 unspecified atom stereocenters. The van der Waals surface area contributed by atoms with E-state index in [9.17, 15) is 13.2 Å². The molecule has 24 heavy (non-hydrogen) atoms. The molecule has 0 aliphatic heterocycles. The summed E-state index contributed by atoms with van der Waals surface area (Å²) in [6.07, 6.45) is 1.17. The molecule has 1 atom stereocenters. The Balaban J connectivity index is 2.40. The molecule has 0 amide bonds. The third kappa shape index (κ3) is 3.90. The number of methoxy groups -OCH3 is 1. The number of ether oxygens (including phenoxy) is 1. The number of benzene rings is 2. The fourth-order valence-corrected chi connectivity index (χ4v) is 2.90. The number of halogens is 3. The van der Waals surface area contributed by atoms with Gasteiger partial charge >= 0.3 is 0 Å². The van der Waals surface area contributed by atoms with Crippen LogP contribution in [0.3, 0.4) is 0 Å². The number of para-hydroxylation sites is 1. The standard InChI is InChI=1S/C19H22F3NO/c1-12-14(11-16(20)19(22)18(12)21)10-13(8-9-23-2)15-6-4-5-7-17(15)24-3/h4-7,11,13,23H,8-10H2,1-3H3. The minimum Gasteiger partial charge on any atom is -0.496 e. The topological polar surface area (TPSA) is 21.3 Å². The Morgan fingerprint density at radius 3 is 2.50 bits per heavy atom. The minimum absolute atomic E-state index is 0.00318. The van der Waals surface area contributed by atoms with E-state index < -0.39 is 17.5 Å². The maximum Gasteiger partial charge on any atom is 0.194 e. The van der Waals surface area contributed by atoms with Gasteiger partial charge in [0, 0.05) is 0 Å². The van der Waals surface area contributed by atoms with Crippen LogP contribution in [0, 0.1) is 24.4 Å². The molecule has 2 aromatic rings. The molecule has 0 aliphatic rings. The molecule has 0 spiro atoms. The Bertz CT molecular complexity index is 703. The van der Waals surface area contributed by atoms with Crippen molar-refractivity contribution in [2.75, 3.05) is 20.7 Å². The van der Waals surface area contributed by atoms with E-state index in [2.05, 4.69) is 5.32 Å². The van der Waals surface area contributed by atoms with Gasteiger partial charge in [-0.1, -0.05) is 18.2 Å². The van der Waals surface area contributed by atoms with E-state index >= 15 is 0 Å². The summed E-state index contributed by atoms with van der Waals surface area (Å²) in [5.41, 5.74) is 1.59. The molecule has 0 fully saturated rings. The van der Waals surface area contributed by atoms with Crippen LogP contribution in [0.25, 0.3) is 0 Å². The van der Waals surface area contributed by atoms with E-state index in [1.165, 1.54) is 6.92 Å². The Labute approximate surface area is 140 Å². The summed E-state index contributed by atoms with van der Waals surface area (Å²) in [5, 5.41) is 3.09. The highest BCUT2D eigenvalue weighted by atomic mass is 19.2. The molecule has 0 heterocycles. The highest BCUT2D eigenvalue weighted by Crippen LogP contribution is 2.33. The summed E-state index contributed by atoms with van der Waals surface area (Å²) in [6.45, 7) is 2.22. The van der Waals surface area contributed by atoms with Crippen LogP contribution in [0.2, 0.25) is 0 Å². The van der Waals surface area contributed by atoms with Crippen LogP contribution < -0.4 is 10.1 Å². The van der Waals surface area contributed by atoms with Gasteiger partial charge < -0.3 is 10.1 Å². The van der Waals surface area contributed by atoms with Crippen molar-refractivity contribution in [2.45, 2.75) is 25.7 Å². The first-order valence-corrected chi connectivity index (χ1v) is 7.90. The molecule has 5 heteroatoms. The molecule has 0 aliphatic carbocycles. The molecule has 0 saturated heterocycles. The smallest absolute Gasteiger partial charge is 0.194 e. The van der Waals surface area contributed by atoms with Crippen molar-refractivity contribution in [2.24, 2.45) is 0 Å². The van der Waals surface area contributed by atoms with Gasteiger partial charge in [0.05, 0.1) is 7.11 Å². The van der Waals surface area contributed by atoms with Crippen molar-refractivity contribution >= 4 is 0 Å². The van der Waals surface area contributed by atoms with Crippen LogP contribution in [0.4, 0.5) is 13.2 Å². The predicted octanol–water partition coefficient (Wildman–Crippen LogP) is 4.36. The summed E-state index contributed by atoms with van der Waals surface area (Å²) in [6, 6.07) is 8.68. The van der Waals surface area contributed by atoms with Gasteiger partial charge in [-0.05, 0) is 68.1 Å². The van der Waals surface area contributed by atoms with Gasteiger partial charge in [0.1, 0.15) is 5.75 Å². The van der Waals surface area contributed by atoms with Crippen molar-refractivity contribution in [3.63, 3.8) is 0 Å². The lowest BCUT2D eigenvalue weighted by Crippen LogP contribution is -2.15. The molecule has 0 bridgehead atoms. The van der Waals surface area contributed by atoms with E-state index in [0.29, 0.717) is 12.0 Å². The van der Waals surface area contributed by atoms with Crippen LogP contribution in [-0.2, 0) is 6.42 Å². The zero-order valence-corrected chi connectivity index (χ0v) is 14.1. The van der Waals surface area contributed by atoms with E-state index in [1.807, 2.05) is 31.3 Å². The highest BCUT2D eigenvalue weighted by molar-refractivity contribution is 5.39. The van der Waals surface area contributed by atoms with Crippen LogP contribution in [-0.4, -0.2) is 20.7 Å². The lowest BCUT2D eigenvalue weighted by molar-refractivity contribution is 0.402. The first-order valence-electron chi connectivity index (χ1n) is 7.90. The van der Waals surface area contributed by atoms with Gasteiger partial charge in [0.15, 0.2) is 17.5 Å². The Hall–Kier alpha value is -2.01. The summed E-state index contributed by atoms with van der Waals surface area (Å²) in [4.78, 5) is 0. The number of rotatable bonds is 7. The quantitative estimate of drug-likeness (QED) is 0.758. The third-order valence-electron chi connectivity index (χ3n) is 4.30. The predicted molar refractivity (Wildman–Crippen MR) is 89.0 cm³/mol. The van der Waals surface area contributed by atoms with Crippen molar-refractivity contribution in [3.05, 3.63) is 64.5 Å². The zero-order chi connectivity index (χ0) is 17.7. The van der Waals surface area contributed by atoms with Gasteiger partial charge in [-0.2, -0.15) is 0 Å². The third-order valence-corrected chi connectivity index (χ3v) is 4.30. The van der Waals surface area contributed by atoms with Gasteiger partial charge in [-0.15, -0.1) is 0 Å². The van der Waals surface area contributed by atoms with Crippen LogP contribution in [0.5, 0.6) is 5.75 Å². The molecule has 0 aromatic heterocycles. The summed E-state index contributed by atoms with van der Waals surface area (Å²) in [5.74, 6) is -2.95. The normalized spacial score (nSPS) is 12.2. The summed E-state index contributed by atoms with van der Waals surface area (Å²) < 4.78 is 46.3. The highest BCUT2D eigenvalue weighted by Gasteiger charge is 2.21.